The third-order valence-corrected chi connectivity index (χ3v) is 7.09. The minimum absolute atomic E-state index is 0.0796. The fourth-order valence-electron chi connectivity index (χ4n) is 4.71. The number of anilines is 1. The van der Waals surface area contributed by atoms with Crippen molar-refractivity contribution in [2.75, 3.05) is 18.1 Å². The van der Waals surface area contributed by atoms with Gasteiger partial charge in [0.15, 0.2) is 11.5 Å². The Labute approximate surface area is 233 Å². The van der Waals surface area contributed by atoms with Crippen LogP contribution in [0.15, 0.2) is 60.2 Å². The van der Waals surface area contributed by atoms with E-state index < -0.39 is 17.7 Å². The van der Waals surface area contributed by atoms with Crippen LogP contribution in [0, 0.1) is 6.92 Å². The molecule has 8 heteroatoms. The van der Waals surface area contributed by atoms with Crippen molar-refractivity contribution >= 4 is 34.7 Å². The zero-order valence-electron chi connectivity index (χ0n) is 22.6. The fourth-order valence-corrected chi connectivity index (χ4v) is 4.88. The van der Waals surface area contributed by atoms with Crippen LogP contribution in [0.1, 0.15) is 61.9 Å². The summed E-state index contributed by atoms with van der Waals surface area (Å²) in [6, 6.07) is 13.9. The second kappa shape index (κ2) is 11.4. The molecule has 0 aromatic heterocycles. The molecule has 3 aromatic rings. The summed E-state index contributed by atoms with van der Waals surface area (Å²) < 4.78 is 11.3. The predicted molar refractivity (Wildman–Crippen MR) is 152 cm³/mol. The van der Waals surface area contributed by atoms with E-state index in [0.29, 0.717) is 40.8 Å². The number of Topliss-reactive ketones (excluding diaryl/α,β-unsaturated/α-hetero) is 1. The number of ketones is 1. The van der Waals surface area contributed by atoms with Gasteiger partial charge in [0.25, 0.3) is 11.7 Å². The number of carbonyl (C=O) groups is 2. The number of aliphatic hydroxyl groups is 1. The molecule has 7 nitrogen and oxygen atoms in total. The standard InChI is InChI=1S/C31H32ClNO6/c1-6-38-25-13-10-20(14-22(25)17(3)4)29(35)27-28(19-9-12-24(34)26(15-19)39-7-2)33(31(37)30(27)36)21-11-8-18(5)23(32)16-21/h8-17,28,34-35H,6-7H2,1-5H3/b29-27+. The van der Waals surface area contributed by atoms with Gasteiger partial charge >= 0.3 is 0 Å². The molecule has 1 aliphatic rings. The molecule has 1 aliphatic heterocycles. The lowest BCUT2D eigenvalue weighted by Gasteiger charge is -2.26. The minimum atomic E-state index is -1.00. The zero-order valence-corrected chi connectivity index (χ0v) is 23.4. The summed E-state index contributed by atoms with van der Waals surface area (Å²) in [7, 11) is 0. The van der Waals surface area contributed by atoms with E-state index in [0.717, 1.165) is 11.1 Å². The normalized spacial score (nSPS) is 16.7. The maximum Gasteiger partial charge on any atom is 0.300 e. The molecule has 0 aliphatic carbocycles. The van der Waals surface area contributed by atoms with E-state index in [4.69, 9.17) is 21.1 Å². The number of phenols is 1. The quantitative estimate of drug-likeness (QED) is 0.180. The second-order valence-electron chi connectivity index (χ2n) is 9.60. The summed E-state index contributed by atoms with van der Waals surface area (Å²) in [6.45, 7) is 10.3. The van der Waals surface area contributed by atoms with Gasteiger partial charge in [-0.05, 0) is 85.8 Å². The largest absolute Gasteiger partial charge is 0.507 e. The highest BCUT2D eigenvalue weighted by molar-refractivity contribution is 6.51. The Balaban J connectivity index is 1.97. The molecule has 0 spiro atoms. The van der Waals surface area contributed by atoms with Crippen molar-refractivity contribution in [2.45, 2.75) is 46.6 Å². The number of aryl methyl sites for hydroxylation is 1. The molecule has 4 rings (SSSR count). The number of ether oxygens (including phenoxy) is 2. The summed E-state index contributed by atoms with van der Waals surface area (Å²) in [5.74, 6) is -1.05. The molecule has 3 aromatic carbocycles. The summed E-state index contributed by atoms with van der Waals surface area (Å²) in [5, 5.41) is 22.3. The molecule has 1 amide bonds. The Morgan fingerprint density at radius 3 is 2.31 bits per heavy atom. The number of halogens is 1. The van der Waals surface area contributed by atoms with Crippen LogP contribution in [0.2, 0.25) is 5.02 Å². The number of hydrogen-bond acceptors (Lipinski definition) is 6. The lowest BCUT2D eigenvalue weighted by atomic mass is 9.93. The molecule has 0 radical (unpaired) electrons. The number of aromatic hydroxyl groups is 1. The van der Waals surface area contributed by atoms with Crippen molar-refractivity contribution in [3.05, 3.63) is 87.4 Å². The maximum atomic E-state index is 13.6. The Morgan fingerprint density at radius 2 is 1.67 bits per heavy atom. The molecule has 1 heterocycles. The Kier molecular flexibility index (Phi) is 8.21. The summed E-state index contributed by atoms with van der Waals surface area (Å²) in [6.07, 6.45) is 0. The Morgan fingerprint density at radius 1 is 0.974 bits per heavy atom. The van der Waals surface area contributed by atoms with E-state index >= 15 is 0 Å². The summed E-state index contributed by atoms with van der Waals surface area (Å²) >= 11 is 6.39. The van der Waals surface area contributed by atoms with Crippen molar-refractivity contribution in [1.82, 2.24) is 0 Å². The zero-order chi connectivity index (χ0) is 28.4. The lowest BCUT2D eigenvalue weighted by molar-refractivity contribution is -0.132. The van der Waals surface area contributed by atoms with E-state index in [2.05, 4.69) is 0 Å². The fraction of sp³-hybridized carbons (Fsp3) is 0.290. The van der Waals surface area contributed by atoms with Crippen LogP contribution < -0.4 is 14.4 Å². The molecular formula is C31H32ClNO6. The highest BCUT2D eigenvalue weighted by Crippen LogP contribution is 2.45. The molecule has 2 N–H and O–H groups in total. The maximum absolute atomic E-state index is 13.6. The van der Waals surface area contributed by atoms with Crippen LogP contribution in [0.3, 0.4) is 0 Å². The van der Waals surface area contributed by atoms with E-state index in [9.17, 15) is 19.8 Å². The van der Waals surface area contributed by atoms with Crippen LogP contribution in [0.5, 0.6) is 17.2 Å². The van der Waals surface area contributed by atoms with Gasteiger partial charge in [-0.2, -0.15) is 0 Å². The predicted octanol–water partition coefficient (Wildman–Crippen LogP) is 6.90. The second-order valence-corrected chi connectivity index (χ2v) is 10.0. The topological polar surface area (TPSA) is 96.3 Å². The van der Waals surface area contributed by atoms with E-state index in [1.54, 1.807) is 55.5 Å². The number of rotatable bonds is 8. The van der Waals surface area contributed by atoms with Crippen LogP contribution >= 0.6 is 11.6 Å². The van der Waals surface area contributed by atoms with E-state index in [-0.39, 0.29) is 28.7 Å². The number of aliphatic hydroxyl groups excluding tert-OH is 1. The first-order valence-corrected chi connectivity index (χ1v) is 13.3. The highest BCUT2D eigenvalue weighted by Gasteiger charge is 2.47. The van der Waals surface area contributed by atoms with Crippen molar-refractivity contribution in [2.24, 2.45) is 0 Å². The van der Waals surface area contributed by atoms with Gasteiger partial charge in [0.1, 0.15) is 11.5 Å². The van der Waals surface area contributed by atoms with Crippen molar-refractivity contribution in [3.8, 4) is 17.2 Å². The molecule has 1 unspecified atom stereocenters. The minimum Gasteiger partial charge on any atom is -0.507 e. The van der Waals surface area contributed by atoms with Gasteiger partial charge in [-0.3, -0.25) is 14.5 Å². The third-order valence-electron chi connectivity index (χ3n) is 6.68. The first-order valence-electron chi connectivity index (χ1n) is 12.9. The molecule has 204 valence electrons. The van der Waals surface area contributed by atoms with E-state index in [1.165, 1.54) is 11.0 Å². The molecule has 39 heavy (non-hydrogen) atoms. The SMILES string of the molecule is CCOc1cc(C2/C(=C(\O)c3ccc(OCC)c(C(C)C)c3)C(=O)C(=O)N2c2ccc(C)c(Cl)c2)ccc1O. The molecule has 1 saturated heterocycles. The Hall–Kier alpha value is -3.97. The number of phenolic OH excluding ortho intramolecular Hbond substituents is 1. The number of nitrogens with zero attached hydrogens (tertiary/aromatic N) is 1. The molecule has 0 bridgehead atoms. The molecule has 1 atom stereocenters. The van der Waals surface area contributed by atoms with Gasteiger partial charge in [-0.25, -0.2) is 0 Å². The van der Waals surface area contributed by atoms with Crippen molar-refractivity contribution in [1.29, 1.82) is 0 Å². The number of benzene rings is 3. The summed E-state index contributed by atoms with van der Waals surface area (Å²) in [4.78, 5) is 28.4. The van der Waals surface area contributed by atoms with Crippen molar-refractivity contribution in [3.63, 3.8) is 0 Å². The first-order chi connectivity index (χ1) is 18.6. The van der Waals surface area contributed by atoms with Crippen LogP contribution in [-0.2, 0) is 9.59 Å². The van der Waals surface area contributed by atoms with Gasteiger partial charge < -0.3 is 19.7 Å². The Bertz CT molecular complexity index is 1460. The monoisotopic (exact) mass is 549 g/mol. The first kappa shape index (κ1) is 28.0. The van der Waals surface area contributed by atoms with Crippen LogP contribution in [0.4, 0.5) is 5.69 Å². The number of amides is 1. The number of hydrogen-bond donors (Lipinski definition) is 2. The van der Waals surface area contributed by atoms with Gasteiger partial charge in [-0.1, -0.05) is 37.6 Å². The molecular weight excluding hydrogens is 518 g/mol. The van der Waals surface area contributed by atoms with Gasteiger partial charge in [0.05, 0.1) is 24.8 Å². The molecule has 0 saturated carbocycles. The van der Waals surface area contributed by atoms with Gasteiger partial charge in [-0.15, -0.1) is 0 Å². The average Bonchev–Trinajstić information content (AvgIpc) is 3.17. The van der Waals surface area contributed by atoms with Crippen LogP contribution in [0.25, 0.3) is 5.76 Å². The molecule has 1 fully saturated rings. The van der Waals surface area contributed by atoms with Gasteiger partial charge in [0, 0.05) is 16.3 Å². The third kappa shape index (κ3) is 5.32. The van der Waals surface area contributed by atoms with E-state index in [1.807, 2.05) is 27.7 Å². The number of carbonyl (C=O) groups excluding carboxylic acids is 2. The summed E-state index contributed by atoms with van der Waals surface area (Å²) in [5.41, 5.74) is 2.85. The average molecular weight is 550 g/mol. The van der Waals surface area contributed by atoms with Crippen molar-refractivity contribution < 1.29 is 29.3 Å². The van der Waals surface area contributed by atoms with Gasteiger partial charge in [0.2, 0.25) is 0 Å². The highest BCUT2D eigenvalue weighted by atomic mass is 35.5. The van der Waals surface area contributed by atoms with Crippen LogP contribution in [-0.4, -0.2) is 35.1 Å². The lowest BCUT2D eigenvalue weighted by Crippen LogP contribution is -2.29. The smallest absolute Gasteiger partial charge is 0.300 e.